The van der Waals surface area contributed by atoms with Crippen LogP contribution in [0.25, 0.3) is 0 Å². The fourth-order valence-electron chi connectivity index (χ4n) is 0.885. The molecule has 0 saturated carbocycles. The maximum absolute atomic E-state index is 11.2. The highest BCUT2D eigenvalue weighted by Gasteiger charge is 2.12. The Kier molecular flexibility index (Phi) is 5.55. The van der Waals surface area contributed by atoms with Crippen molar-refractivity contribution in [3.63, 3.8) is 0 Å². The van der Waals surface area contributed by atoms with Crippen LogP contribution >= 0.6 is 0 Å². The minimum absolute atomic E-state index is 0.0601. The quantitative estimate of drug-likeness (QED) is 0.306. The van der Waals surface area contributed by atoms with E-state index in [1.54, 1.807) is 0 Å². The molecular formula is C10H12BNO3. The van der Waals surface area contributed by atoms with Crippen LogP contribution in [0.4, 0.5) is 4.79 Å². The maximum atomic E-state index is 11.2. The number of rotatable bonds is 5. The molecule has 0 aromatic carbocycles. The SMILES string of the molecule is BC(=O)C(=C/C=C)/C(=C\C=C)OC(N)=O. The van der Waals surface area contributed by atoms with E-state index in [1.807, 2.05) is 0 Å². The van der Waals surface area contributed by atoms with E-state index in [4.69, 9.17) is 5.73 Å². The van der Waals surface area contributed by atoms with Crippen molar-refractivity contribution < 1.29 is 14.3 Å². The molecule has 78 valence electrons. The summed E-state index contributed by atoms with van der Waals surface area (Å²) in [5.74, 6) is 0.0601. The highest BCUT2D eigenvalue weighted by molar-refractivity contribution is 6.62. The molecule has 0 rings (SSSR count). The number of hydrogen-bond acceptors (Lipinski definition) is 3. The van der Waals surface area contributed by atoms with Gasteiger partial charge in [-0.25, -0.2) is 4.79 Å². The molecule has 0 aliphatic carbocycles. The summed E-state index contributed by atoms with van der Waals surface area (Å²) in [4.78, 5) is 21.8. The van der Waals surface area contributed by atoms with Gasteiger partial charge in [0.05, 0.1) is 0 Å². The maximum Gasteiger partial charge on any atom is 0.409 e. The highest BCUT2D eigenvalue weighted by atomic mass is 16.5. The zero-order chi connectivity index (χ0) is 11.8. The summed E-state index contributed by atoms with van der Waals surface area (Å²) < 4.78 is 4.66. The molecule has 0 atom stereocenters. The molecule has 2 N–H and O–H groups in total. The van der Waals surface area contributed by atoms with Gasteiger partial charge in [0.2, 0.25) is 0 Å². The first-order valence-corrected chi connectivity index (χ1v) is 4.17. The van der Waals surface area contributed by atoms with Gasteiger partial charge in [0.25, 0.3) is 0 Å². The lowest BCUT2D eigenvalue weighted by molar-refractivity contribution is -0.108. The van der Waals surface area contributed by atoms with Crippen molar-refractivity contribution in [1.29, 1.82) is 0 Å². The first-order valence-electron chi connectivity index (χ1n) is 4.17. The molecular weight excluding hydrogens is 193 g/mol. The molecule has 0 aromatic heterocycles. The lowest BCUT2D eigenvalue weighted by Crippen LogP contribution is -2.16. The summed E-state index contributed by atoms with van der Waals surface area (Å²) in [7, 11) is 1.34. The van der Waals surface area contributed by atoms with Crippen LogP contribution in [0.1, 0.15) is 0 Å². The first-order chi connectivity index (χ1) is 7.02. The number of allylic oxidation sites excluding steroid dienone is 5. The summed E-state index contributed by atoms with van der Waals surface area (Å²) in [6.07, 6.45) is 4.62. The van der Waals surface area contributed by atoms with Gasteiger partial charge in [0, 0.05) is 5.57 Å². The normalized spacial score (nSPS) is 11.7. The standard InChI is InChI=1S/C10H12BNO3/c1-3-5-7(9(11)13)8(6-4-2)15-10(12)14/h3-6H,1-2,11H2,(H2,12,14)/b7-5+,8-6+. The Hall–Kier alpha value is -2.04. The summed E-state index contributed by atoms with van der Waals surface area (Å²) in [5.41, 5.74) is 4.81. The van der Waals surface area contributed by atoms with Gasteiger partial charge < -0.3 is 15.3 Å². The summed E-state index contributed by atoms with van der Waals surface area (Å²) in [6, 6.07) is 0. The van der Waals surface area contributed by atoms with Gasteiger partial charge >= 0.3 is 6.09 Å². The predicted molar refractivity (Wildman–Crippen MR) is 60.8 cm³/mol. The van der Waals surface area contributed by atoms with E-state index < -0.39 is 6.09 Å². The molecule has 0 aliphatic heterocycles. The summed E-state index contributed by atoms with van der Waals surface area (Å²) in [5, 5.41) is 0. The molecule has 0 heterocycles. The van der Waals surface area contributed by atoms with Crippen LogP contribution in [0.5, 0.6) is 0 Å². The Morgan fingerprint density at radius 2 is 1.73 bits per heavy atom. The second-order valence-electron chi connectivity index (χ2n) is 2.56. The Morgan fingerprint density at radius 1 is 1.20 bits per heavy atom. The van der Waals surface area contributed by atoms with E-state index in [-0.39, 0.29) is 17.0 Å². The van der Waals surface area contributed by atoms with Crippen LogP contribution in [0.3, 0.4) is 0 Å². The summed E-state index contributed by atoms with van der Waals surface area (Å²) in [6.45, 7) is 6.89. The molecule has 0 bridgehead atoms. The fourth-order valence-corrected chi connectivity index (χ4v) is 0.885. The van der Waals surface area contributed by atoms with Crippen LogP contribution in [0.2, 0.25) is 0 Å². The minimum atomic E-state index is -0.987. The van der Waals surface area contributed by atoms with Crippen LogP contribution in [-0.2, 0) is 9.53 Å². The van der Waals surface area contributed by atoms with E-state index in [1.165, 1.54) is 32.2 Å². The molecule has 0 saturated heterocycles. The number of hydrogen-bond donors (Lipinski definition) is 1. The molecule has 5 heteroatoms. The zero-order valence-corrected chi connectivity index (χ0v) is 8.53. The Bertz CT molecular complexity index is 356. The second-order valence-corrected chi connectivity index (χ2v) is 2.56. The fraction of sp³-hybridized carbons (Fsp3) is 0. The predicted octanol–water partition coefficient (Wildman–Crippen LogP) is 0.424. The van der Waals surface area contributed by atoms with Crippen LogP contribution in [0, 0.1) is 0 Å². The Labute approximate surface area is 89.2 Å². The number of primary amides is 1. The number of nitrogens with two attached hydrogens (primary N) is 1. The smallest absolute Gasteiger partial charge is 0.409 e. The molecule has 0 spiro atoms. The van der Waals surface area contributed by atoms with E-state index >= 15 is 0 Å². The topological polar surface area (TPSA) is 69.4 Å². The lowest BCUT2D eigenvalue weighted by atomic mass is 9.92. The molecule has 1 amide bonds. The van der Waals surface area contributed by atoms with Crippen molar-refractivity contribution in [2.24, 2.45) is 5.73 Å². The third-order valence-corrected chi connectivity index (χ3v) is 1.41. The van der Waals surface area contributed by atoms with Crippen molar-refractivity contribution >= 4 is 19.6 Å². The number of carbonyl (C=O) groups excluding carboxylic acids is 2. The monoisotopic (exact) mass is 205 g/mol. The molecule has 0 radical (unpaired) electrons. The molecule has 0 fully saturated rings. The van der Waals surface area contributed by atoms with Crippen LogP contribution < -0.4 is 5.73 Å². The Morgan fingerprint density at radius 3 is 2.07 bits per heavy atom. The number of amides is 1. The first kappa shape index (κ1) is 13.0. The zero-order valence-electron chi connectivity index (χ0n) is 8.53. The average molecular weight is 205 g/mol. The van der Waals surface area contributed by atoms with Gasteiger partial charge in [-0.3, -0.25) is 0 Å². The van der Waals surface area contributed by atoms with Crippen molar-refractivity contribution in [1.82, 2.24) is 0 Å². The van der Waals surface area contributed by atoms with Gasteiger partial charge in [0.15, 0.2) is 7.85 Å². The number of carbonyl (C=O) groups is 2. The summed E-state index contributed by atoms with van der Waals surface area (Å²) >= 11 is 0. The van der Waals surface area contributed by atoms with Gasteiger partial charge in [-0.1, -0.05) is 25.3 Å². The minimum Gasteiger partial charge on any atom is -0.410 e. The van der Waals surface area contributed by atoms with Crippen LogP contribution in [-0.4, -0.2) is 19.6 Å². The third kappa shape index (κ3) is 4.66. The second kappa shape index (κ2) is 6.42. The highest BCUT2D eigenvalue weighted by Crippen LogP contribution is 2.12. The average Bonchev–Trinajstić information content (AvgIpc) is 2.12. The number of ether oxygens (including phenoxy) is 1. The van der Waals surface area contributed by atoms with Gasteiger partial charge in [0.1, 0.15) is 11.4 Å². The molecule has 0 unspecified atom stereocenters. The third-order valence-electron chi connectivity index (χ3n) is 1.41. The van der Waals surface area contributed by atoms with E-state index in [0.717, 1.165) is 0 Å². The van der Waals surface area contributed by atoms with Crippen molar-refractivity contribution in [2.75, 3.05) is 0 Å². The molecule has 0 aliphatic rings. The van der Waals surface area contributed by atoms with Crippen molar-refractivity contribution in [3.8, 4) is 0 Å². The Balaban J connectivity index is 5.19. The van der Waals surface area contributed by atoms with Crippen molar-refractivity contribution in [2.45, 2.75) is 0 Å². The van der Waals surface area contributed by atoms with Gasteiger partial charge in [-0.2, -0.15) is 0 Å². The molecule has 15 heavy (non-hydrogen) atoms. The van der Waals surface area contributed by atoms with Crippen molar-refractivity contribution in [3.05, 3.63) is 48.8 Å². The molecule has 0 aromatic rings. The van der Waals surface area contributed by atoms with E-state index in [0.29, 0.717) is 0 Å². The lowest BCUT2D eigenvalue weighted by Gasteiger charge is -2.07. The van der Waals surface area contributed by atoms with Gasteiger partial charge in [-0.15, -0.1) is 0 Å². The van der Waals surface area contributed by atoms with E-state index in [2.05, 4.69) is 17.9 Å². The van der Waals surface area contributed by atoms with E-state index in [9.17, 15) is 9.59 Å². The molecule has 4 nitrogen and oxygen atoms in total. The largest absolute Gasteiger partial charge is 0.410 e. The van der Waals surface area contributed by atoms with Gasteiger partial charge in [-0.05, 0) is 12.2 Å². The van der Waals surface area contributed by atoms with Crippen LogP contribution in [0.15, 0.2) is 48.8 Å².